The molecule has 0 unspecified atom stereocenters. The summed E-state index contributed by atoms with van der Waals surface area (Å²) < 4.78 is 5.50. The van der Waals surface area contributed by atoms with Crippen molar-refractivity contribution in [1.29, 1.82) is 0 Å². The number of rotatable bonds is 6. The molecule has 4 heteroatoms. The Morgan fingerprint density at radius 1 is 1.41 bits per heavy atom. The first-order valence-electron chi connectivity index (χ1n) is 6.43. The third kappa shape index (κ3) is 4.74. The van der Waals surface area contributed by atoms with E-state index < -0.39 is 0 Å². The van der Waals surface area contributed by atoms with Gasteiger partial charge < -0.3 is 15.1 Å². The zero-order valence-electron chi connectivity index (χ0n) is 10.5. The molecule has 0 amide bonds. The van der Waals surface area contributed by atoms with Crippen molar-refractivity contribution in [2.45, 2.75) is 31.6 Å². The number of hydrogen-bond acceptors (Lipinski definition) is 4. The maximum Gasteiger partial charge on any atom is 0.117 e. The predicted molar refractivity (Wildman–Crippen MR) is 73.5 cm³/mol. The molecule has 2 rings (SSSR count). The molecule has 3 nitrogen and oxygen atoms in total. The lowest BCUT2D eigenvalue weighted by Crippen LogP contribution is -2.30. The summed E-state index contributed by atoms with van der Waals surface area (Å²) >= 11 is 2.10. The highest BCUT2D eigenvalue weighted by atomic mass is 32.2. The van der Waals surface area contributed by atoms with Crippen LogP contribution in [-0.4, -0.2) is 30.6 Å². The van der Waals surface area contributed by atoms with E-state index in [9.17, 15) is 0 Å². The van der Waals surface area contributed by atoms with Gasteiger partial charge in [0.1, 0.15) is 11.5 Å². The van der Waals surface area contributed by atoms with E-state index in [4.69, 9.17) is 4.42 Å². The fraction of sp³-hybridized carbons (Fsp3) is 0.692. The van der Waals surface area contributed by atoms with E-state index in [2.05, 4.69) is 22.4 Å². The quantitative estimate of drug-likeness (QED) is 0.763. The highest BCUT2D eigenvalue weighted by Gasteiger charge is 2.12. The van der Waals surface area contributed by atoms with Gasteiger partial charge in [0, 0.05) is 17.5 Å². The van der Waals surface area contributed by atoms with Gasteiger partial charge in [0.2, 0.25) is 0 Å². The molecular formula is C13H22N2OS. The van der Waals surface area contributed by atoms with E-state index in [1.807, 2.05) is 19.1 Å². The molecule has 0 bridgehead atoms. The summed E-state index contributed by atoms with van der Waals surface area (Å²) in [5.74, 6) is 3.23. The molecule has 1 aromatic rings. The third-order valence-electron chi connectivity index (χ3n) is 3.01. The minimum atomic E-state index is 0.848. The first kappa shape index (κ1) is 13.0. The zero-order chi connectivity index (χ0) is 11.9. The van der Waals surface area contributed by atoms with Gasteiger partial charge in [-0.25, -0.2) is 0 Å². The molecule has 96 valence electrons. The van der Waals surface area contributed by atoms with Crippen molar-refractivity contribution >= 4 is 11.8 Å². The Morgan fingerprint density at radius 2 is 2.24 bits per heavy atom. The maximum absolute atomic E-state index is 5.50. The van der Waals surface area contributed by atoms with Crippen LogP contribution in [0.4, 0.5) is 0 Å². The van der Waals surface area contributed by atoms with E-state index in [0.29, 0.717) is 0 Å². The van der Waals surface area contributed by atoms with Crippen LogP contribution in [0, 0.1) is 6.92 Å². The molecule has 0 radical (unpaired) electrons. The van der Waals surface area contributed by atoms with E-state index >= 15 is 0 Å². The van der Waals surface area contributed by atoms with Crippen molar-refractivity contribution in [2.75, 3.05) is 25.4 Å². The smallest absolute Gasteiger partial charge is 0.117 e. The lowest BCUT2D eigenvalue weighted by molar-refractivity contribution is 0.465. The molecule has 0 aliphatic carbocycles. The Labute approximate surface area is 108 Å². The topological polar surface area (TPSA) is 37.2 Å². The van der Waals surface area contributed by atoms with E-state index in [0.717, 1.165) is 29.9 Å². The molecule has 1 aliphatic rings. The van der Waals surface area contributed by atoms with E-state index in [1.54, 1.807) is 0 Å². The second-order valence-corrected chi connectivity index (χ2v) is 5.92. The van der Waals surface area contributed by atoms with Gasteiger partial charge in [-0.05, 0) is 45.0 Å². The molecule has 1 saturated heterocycles. The van der Waals surface area contributed by atoms with Crippen molar-refractivity contribution in [2.24, 2.45) is 0 Å². The largest absolute Gasteiger partial charge is 0.465 e. The Morgan fingerprint density at radius 3 is 2.94 bits per heavy atom. The Balaban J connectivity index is 1.51. The predicted octanol–water partition coefficient (Wildman–Crippen LogP) is 2.16. The van der Waals surface area contributed by atoms with Gasteiger partial charge in [0.05, 0.1) is 6.54 Å². The minimum absolute atomic E-state index is 0.848. The number of furan rings is 1. The summed E-state index contributed by atoms with van der Waals surface area (Å²) in [6.07, 6.45) is 2.64. The van der Waals surface area contributed by atoms with Gasteiger partial charge in [0.15, 0.2) is 0 Å². The normalized spacial score (nSPS) is 17.5. The van der Waals surface area contributed by atoms with Crippen LogP contribution < -0.4 is 10.6 Å². The van der Waals surface area contributed by atoms with Crippen molar-refractivity contribution < 1.29 is 4.42 Å². The van der Waals surface area contributed by atoms with Crippen LogP contribution in [0.15, 0.2) is 16.5 Å². The van der Waals surface area contributed by atoms with Crippen LogP contribution in [0.1, 0.15) is 24.4 Å². The summed E-state index contributed by atoms with van der Waals surface area (Å²) in [4.78, 5) is 0. The summed E-state index contributed by atoms with van der Waals surface area (Å²) in [7, 11) is 0. The Kier molecular flexibility index (Phi) is 5.42. The molecule has 0 saturated carbocycles. The minimum Gasteiger partial charge on any atom is -0.465 e. The van der Waals surface area contributed by atoms with E-state index in [-0.39, 0.29) is 0 Å². The Bertz CT molecular complexity index is 321. The number of thioether (sulfide) groups is 1. The van der Waals surface area contributed by atoms with Crippen molar-refractivity contribution in [1.82, 2.24) is 10.6 Å². The highest BCUT2D eigenvalue weighted by Crippen LogP contribution is 2.19. The van der Waals surface area contributed by atoms with Crippen LogP contribution in [0.25, 0.3) is 0 Å². The van der Waals surface area contributed by atoms with Gasteiger partial charge in [-0.15, -0.1) is 0 Å². The summed E-state index contributed by atoms with van der Waals surface area (Å²) in [5, 5.41) is 7.69. The van der Waals surface area contributed by atoms with Crippen molar-refractivity contribution in [3.05, 3.63) is 23.7 Å². The summed E-state index contributed by atoms with van der Waals surface area (Å²) in [5.41, 5.74) is 0. The molecule has 17 heavy (non-hydrogen) atoms. The number of nitrogens with one attached hydrogen (secondary N) is 2. The highest BCUT2D eigenvalue weighted by molar-refractivity contribution is 7.99. The monoisotopic (exact) mass is 254 g/mol. The average Bonchev–Trinajstić information content (AvgIpc) is 2.76. The van der Waals surface area contributed by atoms with Crippen LogP contribution in [0.5, 0.6) is 0 Å². The van der Waals surface area contributed by atoms with Crippen LogP contribution in [0.2, 0.25) is 0 Å². The molecule has 2 heterocycles. The first-order chi connectivity index (χ1) is 8.34. The lowest BCUT2D eigenvalue weighted by atomic mass is 10.2. The van der Waals surface area contributed by atoms with Crippen molar-refractivity contribution in [3.8, 4) is 0 Å². The molecule has 1 fully saturated rings. The SMILES string of the molecule is Cc1ccc(CNCCSC2CCNCC2)o1. The van der Waals surface area contributed by atoms with E-state index in [1.165, 1.54) is 31.7 Å². The second kappa shape index (κ2) is 7.09. The summed E-state index contributed by atoms with van der Waals surface area (Å²) in [6.45, 7) is 6.28. The van der Waals surface area contributed by atoms with Crippen LogP contribution >= 0.6 is 11.8 Å². The first-order valence-corrected chi connectivity index (χ1v) is 7.48. The standard InChI is InChI=1S/C13H22N2OS/c1-11-2-3-12(16-11)10-15-8-9-17-13-4-6-14-7-5-13/h2-3,13-15H,4-10H2,1H3. The number of hydrogen-bond donors (Lipinski definition) is 2. The fourth-order valence-corrected chi connectivity index (χ4v) is 3.22. The van der Waals surface area contributed by atoms with Gasteiger partial charge >= 0.3 is 0 Å². The summed E-state index contributed by atoms with van der Waals surface area (Å²) in [6, 6.07) is 4.06. The molecule has 1 aromatic heterocycles. The lowest BCUT2D eigenvalue weighted by Gasteiger charge is -2.21. The van der Waals surface area contributed by atoms with Gasteiger partial charge in [-0.2, -0.15) is 11.8 Å². The van der Waals surface area contributed by atoms with Gasteiger partial charge in [0.25, 0.3) is 0 Å². The molecule has 0 aromatic carbocycles. The average molecular weight is 254 g/mol. The third-order valence-corrected chi connectivity index (χ3v) is 4.40. The number of aryl methyl sites for hydroxylation is 1. The van der Waals surface area contributed by atoms with Crippen LogP contribution in [-0.2, 0) is 6.54 Å². The zero-order valence-corrected chi connectivity index (χ0v) is 11.3. The molecular weight excluding hydrogens is 232 g/mol. The van der Waals surface area contributed by atoms with Crippen LogP contribution in [0.3, 0.4) is 0 Å². The Hall–Kier alpha value is -0.450. The number of piperidine rings is 1. The molecule has 0 atom stereocenters. The molecule has 0 spiro atoms. The maximum atomic E-state index is 5.50. The van der Waals surface area contributed by atoms with Crippen molar-refractivity contribution in [3.63, 3.8) is 0 Å². The molecule has 2 N–H and O–H groups in total. The fourth-order valence-electron chi connectivity index (χ4n) is 2.05. The molecule has 1 aliphatic heterocycles. The second-order valence-electron chi connectivity index (χ2n) is 4.51. The van der Waals surface area contributed by atoms with Gasteiger partial charge in [-0.1, -0.05) is 0 Å². The van der Waals surface area contributed by atoms with Gasteiger partial charge in [-0.3, -0.25) is 0 Å².